The third-order valence-electron chi connectivity index (χ3n) is 2.88. The first-order chi connectivity index (χ1) is 9.13. The van der Waals surface area contributed by atoms with E-state index in [0.29, 0.717) is 30.2 Å². The van der Waals surface area contributed by atoms with Crippen molar-refractivity contribution >= 4 is 17.6 Å². The number of ether oxygens (including phenoxy) is 2. The predicted molar refractivity (Wildman–Crippen MR) is 70.5 cm³/mol. The standard InChI is InChI=1S/C14H17NO4/c1-3-18-14(17)11-6-7-12(15-9(2)16)10-5-4-8-19-13(10)11/h6-7H,3-5,8H2,1-2H3,(H,15,16). The maximum Gasteiger partial charge on any atom is 0.341 e. The number of esters is 1. The summed E-state index contributed by atoms with van der Waals surface area (Å²) in [4.78, 5) is 23.0. The van der Waals surface area contributed by atoms with E-state index in [-0.39, 0.29) is 5.91 Å². The average Bonchev–Trinajstić information content (AvgIpc) is 2.38. The Morgan fingerprint density at radius 3 is 2.89 bits per heavy atom. The lowest BCUT2D eigenvalue weighted by molar-refractivity contribution is -0.114. The first-order valence-electron chi connectivity index (χ1n) is 6.37. The van der Waals surface area contributed by atoms with Crippen molar-refractivity contribution in [1.82, 2.24) is 0 Å². The molecule has 1 heterocycles. The molecule has 0 saturated carbocycles. The van der Waals surface area contributed by atoms with Gasteiger partial charge < -0.3 is 14.8 Å². The summed E-state index contributed by atoms with van der Waals surface area (Å²) in [6.07, 6.45) is 1.64. The number of carbonyl (C=O) groups excluding carboxylic acids is 2. The minimum Gasteiger partial charge on any atom is -0.492 e. The molecular formula is C14H17NO4. The Labute approximate surface area is 111 Å². The molecule has 0 aliphatic carbocycles. The van der Waals surface area contributed by atoms with Crippen molar-refractivity contribution in [3.63, 3.8) is 0 Å². The predicted octanol–water partition coefficient (Wildman–Crippen LogP) is 2.15. The van der Waals surface area contributed by atoms with E-state index in [1.807, 2.05) is 0 Å². The molecule has 1 aliphatic heterocycles. The SMILES string of the molecule is CCOC(=O)c1ccc(NC(C)=O)c2c1OCCC2. The van der Waals surface area contributed by atoms with Gasteiger partial charge in [-0.2, -0.15) is 0 Å². The van der Waals surface area contributed by atoms with Gasteiger partial charge in [0.15, 0.2) is 0 Å². The van der Waals surface area contributed by atoms with Crippen molar-refractivity contribution in [3.8, 4) is 5.75 Å². The molecular weight excluding hydrogens is 246 g/mol. The highest BCUT2D eigenvalue weighted by Crippen LogP contribution is 2.35. The van der Waals surface area contributed by atoms with Crippen LogP contribution in [0.5, 0.6) is 5.75 Å². The van der Waals surface area contributed by atoms with Crippen molar-refractivity contribution in [1.29, 1.82) is 0 Å². The molecule has 5 nitrogen and oxygen atoms in total. The van der Waals surface area contributed by atoms with Crippen molar-refractivity contribution < 1.29 is 19.1 Å². The van der Waals surface area contributed by atoms with Gasteiger partial charge in [-0.1, -0.05) is 0 Å². The Morgan fingerprint density at radius 1 is 1.42 bits per heavy atom. The van der Waals surface area contributed by atoms with Crippen LogP contribution in [0, 0.1) is 0 Å². The highest BCUT2D eigenvalue weighted by Gasteiger charge is 2.23. The molecule has 1 aliphatic rings. The maximum absolute atomic E-state index is 11.9. The fourth-order valence-electron chi connectivity index (χ4n) is 2.14. The summed E-state index contributed by atoms with van der Waals surface area (Å²) < 4.78 is 10.6. The average molecular weight is 263 g/mol. The van der Waals surface area contributed by atoms with Crippen molar-refractivity contribution in [2.75, 3.05) is 18.5 Å². The van der Waals surface area contributed by atoms with Gasteiger partial charge in [0, 0.05) is 18.2 Å². The monoisotopic (exact) mass is 263 g/mol. The minimum atomic E-state index is -0.393. The molecule has 0 aromatic heterocycles. The largest absolute Gasteiger partial charge is 0.492 e. The van der Waals surface area contributed by atoms with E-state index in [0.717, 1.165) is 18.4 Å². The second-order valence-electron chi connectivity index (χ2n) is 4.32. The molecule has 0 atom stereocenters. The van der Waals surface area contributed by atoms with Gasteiger partial charge >= 0.3 is 5.97 Å². The van der Waals surface area contributed by atoms with Gasteiger partial charge in [0.05, 0.1) is 13.2 Å². The van der Waals surface area contributed by atoms with E-state index in [9.17, 15) is 9.59 Å². The number of anilines is 1. The molecule has 2 rings (SSSR count). The Morgan fingerprint density at radius 2 is 2.21 bits per heavy atom. The first-order valence-corrected chi connectivity index (χ1v) is 6.37. The van der Waals surface area contributed by atoms with Crippen LogP contribution < -0.4 is 10.1 Å². The fourth-order valence-corrected chi connectivity index (χ4v) is 2.14. The Balaban J connectivity index is 2.42. The van der Waals surface area contributed by atoms with Gasteiger partial charge in [0.1, 0.15) is 11.3 Å². The van der Waals surface area contributed by atoms with Crippen LogP contribution in [-0.2, 0) is 16.0 Å². The molecule has 0 radical (unpaired) electrons. The van der Waals surface area contributed by atoms with Crippen LogP contribution in [-0.4, -0.2) is 25.1 Å². The normalized spacial score (nSPS) is 13.2. The van der Waals surface area contributed by atoms with Gasteiger partial charge in [0.25, 0.3) is 0 Å². The summed E-state index contributed by atoms with van der Waals surface area (Å²) in [6, 6.07) is 3.36. The zero-order valence-electron chi connectivity index (χ0n) is 11.1. The number of nitrogens with one attached hydrogen (secondary N) is 1. The number of carbonyl (C=O) groups is 2. The second kappa shape index (κ2) is 5.73. The van der Waals surface area contributed by atoms with Crippen LogP contribution in [0.1, 0.15) is 36.2 Å². The molecule has 0 fully saturated rings. The number of benzene rings is 1. The highest BCUT2D eigenvalue weighted by atomic mass is 16.5. The molecule has 19 heavy (non-hydrogen) atoms. The molecule has 1 aromatic carbocycles. The third-order valence-corrected chi connectivity index (χ3v) is 2.88. The smallest absolute Gasteiger partial charge is 0.341 e. The van der Waals surface area contributed by atoms with E-state index >= 15 is 0 Å². The van der Waals surface area contributed by atoms with Crippen LogP contribution in [0.4, 0.5) is 5.69 Å². The van der Waals surface area contributed by atoms with Crippen LogP contribution in [0.2, 0.25) is 0 Å². The number of fused-ring (bicyclic) bond motifs is 1. The first kappa shape index (κ1) is 13.4. The molecule has 0 saturated heterocycles. The number of hydrogen-bond donors (Lipinski definition) is 1. The van der Waals surface area contributed by atoms with E-state index in [1.54, 1.807) is 19.1 Å². The van der Waals surface area contributed by atoms with Gasteiger partial charge in [0.2, 0.25) is 5.91 Å². The fraction of sp³-hybridized carbons (Fsp3) is 0.429. The second-order valence-corrected chi connectivity index (χ2v) is 4.32. The molecule has 1 amide bonds. The van der Waals surface area contributed by atoms with E-state index < -0.39 is 5.97 Å². The van der Waals surface area contributed by atoms with Gasteiger partial charge in [-0.25, -0.2) is 4.79 Å². The van der Waals surface area contributed by atoms with Gasteiger partial charge in [-0.3, -0.25) is 4.79 Å². The van der Waals surface area contributed by atoms with E-state index in [1.165, 1.54) is 6.92 Å². The number of rotatable bonds is 3. The Kier molecular flexibility index (Phi) is 4.04. The third kappa shape index (κ3) is 2.86. The van der Waals surface area contributed by atoms with Crippen molar-refractivity contribution in [3.05, 3.63) is 23.3 Å². The molecule has 1 aromatic rings. The van der Waals surface area contributed by atoms with Crippen molar-refractivity contribution in [2.24, 2.45) is 0 Å². The molecule has 1 N–H and O–H groups in total. The van der Waals surface area contributed by atoms with Crippen LogP contribution in [0.25, 0.3) is 0 Å². The van der Waals surface area contributed by atoms with Crippen LogP contribution in [0.15, 0.2) is 12.1 Å². The van der Waals surface area contributed by atoms with Gasteiger partial charge in [-0.05, 0) is 31.9 Å². The Bertz CT molecular complexity index is 510. The zero-order valence-corrected chi connectivity index (χ0v) is 11.1. The topological polar surface area (TPSA) is 64.6 Å². The number of hydrogen-bond acceptors (Lipinski definition) is 4. The molecule has 0 bridgehead atoms. The summed E-state index contributed by atoms with van der Waals surface area (Å²) in [5.74, 6) is 0.00244. The highest BCUT2D eigenvalue weighted by molar-refractivity contribution is 5.96. The van der Waals surface area contributed by atoms with Crippen molar-refractivity contribution in [2.45, 2.75) is 26.7 Å². The maximum atomic E-state index is 11.9. The lowest BCUT2D eigenvalue weighted by Crippen LogP contribution is -2.17. The molecule has 0 unspecified atom stereocenters. The summed E-state index contributed by atoms with van der Waals surface area (Å²) in [7, 11) is 0. The number of amides is 1. The summed E-state index contributed by atoms with van der Waals surface area (Å²) in [5, 5.41) is 2.76. The lowest BCUT2D eigenvalue weighted by Gasteiger charge is -2.22. The summed E-state index contributed by atoms with van der Waals surface area (Å²) >= 11 is 0. The zero-order chi connectivity index (χ0) is 13.8. The summed E-state index contributed by atoms with van der Waals surface area (Å²) in [5.41, 5.74) is 1.99. The molecule has 5 heteroatoms. The molecule has 102 valence electrons. The Hall–Kier alpha value is -2.04. The van der Waals surface area contributed by atoms with E-state index in [4.69, 9.17) is 9.47 Å². The van der Waals surface area contributed by atoms with Crippen LogP contribution in [0.3, 0.4) is 0 Å². The van der Waals surface area contributed by atoms with Crippen LogP contribution >= 0.6 is 0 Å². The molecule has 0 spiro atoms. The van der Waals surface area contributed by atoms with E-state index in [2.05, 4.69) is 5.32 Å². The summed E-state index contributed by atoms with van der Waals surface area (Å²) in [6.45, 7) is 4.11. The quantitative estimate of drug-likeness (QED) is 0.849. The minimum absolute atomic E-state index is 0.142. The lowest BCUT2D eigenvalue weighted by atomic mass is 10.00. The van der Waals surface area contributed by atoms with Gasteiger partial charge in [-0.15, -0.1) is 0 Å².